The van der Waals surface area contributed by atoms with E-state index in [4.69, 9.17) is 9.73 Å². The highest BCUT2D eigenvalue weighted by molar-refractivity contribution is 14.0. The van der Waals surface area contributed by atoms with E-state index in [-0.39, 0.29) is 42.2 Å². The summed E-state index contributed by atoms with van der Waals surface area (Å²) in [5.41, 5.74) is -0.438. The molecule has 8 heteroatoms. The number of rotatable bonds is 7. The summed E-state index contributed by atoms with van der Waals surface area (Å²) >= 11 is 1.89. The minimum Gasteiger partial charge on any atom is -0.444 e. The van der Waals surface area contributed by atoms with Gasteiger partial charge in [-0.3, -0.25) is 4.99 Å². The van der Waals surface area contributed by atoms with Crippen LogP contribution in [0.3, 0.4) is 0 Å². The minimum atomic E-state index is -0.438. The molecule has 2 bridgehead atoms. The van der Waals surface area contributed by atoms with Gasteiger partial charge in [0.1, 0.15) is 5.60 Å². The molecule has 0 aromatic carbocycles. The molecule has 0 aliphatic carbocycles. The van der Waals surface area contributed by atoms with Crippen molar-refractivity contribution in [3.63, 3.8) is 0 Å². The number of hydrogen-bond acceptors (Lipinski definition) is 4. The van der Waals surface area contributed by atoms with Gasteiger partial charge in [-0.25, -0.2) is 4.79 Å². The summed E-state index contributed by atoms with van der Waals surface area (Å²) in [5.74, 6) is 2.11. The zero-order chi connectivity index (χ0) is 19.9. The fourth-order valence-electron chi connectivity index (χ4n) is 3.97. The van der Waals surface area contributed by atoms with Crippen molar-refractivity contribution in [2.24, 2.45) is 4.99 Å². The molecule has 2 aliphatic rings. The zero-order valence-corrected chi connectivity index (χ0v) is 21.3. The first kappa shape index (κ1) is 25.7. The minimum absolute atomic E-state index is 0. The first-order valence-corrected chi connectivity index (χ1v) is 11.8. The molecule has 28 heavy (non-hydrogen) atoms. The summed E-state index contributed by atoms with van der Waals surface area (Å²) in [5, 5.41) is 6.98. The third-order valence-corrected chi connectivity index (χ3v) is 5.75. The van der Waals surface area contributed by atoms with Gasteiger partial charge < -0.3 is 20.3 Å². The van der Waals surface area contributed by atoms with Crippen molar-refractivity contribution in [3.05, 3.63) is 0 Å². The van der Waals surface area contributed by atoms with Crippen LogP contribution in [0.15, 0.2) is 4.99 Å². The average Bonchev–Trinajstić information content (AvgIpc) is 2.85. The monoisotopic (exact) mass is 526 g/mol. The quantitative estimate of drug-likeness (QED) is 0.225. The Balaban J connectivity index is 0.00000392. The van der Waals surface area contributed by atoms with E-state index in [1.807, 2.05) is 37.4 Å². The second-order valence-electron chi connectivity index (χ2n) is 8.55. The number of ether oxygens (including phenoxy) is 1. The molecule has 6 nitrogen and oxygen atoms in total. The molecule has 2 unspecified atom stereocenters. The lowest BCUT2D eigenvalue weighted by molar-refractivity contribution is 0.00545. The Morgan fingerprint density at radius 1 is 1.21 bits per heavy atom. The van der Waals surface area contributed by atoms with Crippen molar-refractivity contribution in [2.75, 3.05) is 25.1 Å². The molecule has 2 heterocycles. The highest BCUT2D eigenvalue weighted by atomic mass is 127. The predicted octanol–water partition coefficient (Wildman–Crippen LogP) is 4.23. The maximum absolute atomic E-state index is 12.6. The maximum atomic E-state index is 12.6. The number of aliphatic imine (C=N–C) groups is 1. The lowest BCUT2D eigenvalue weighted by Crippen LogP contribution is -2.55. The molecule has 2 rings (SSSR count). The molecular formula is C20H39IN4O2S. The van der Waals surface area contributed by atoms with Crippen LogP contribution in [0.2, 0.25) is 0 Å². The molecule has 0 radical (unpaired) electrons. The van der Waals surface area contributed by atoms with E-state index in [9.17, 15) is 4.79 Å². The van der Waals surface area contributed by atoms with Gasteiger partial charge in [0, 0.05) is 31.2 Å². The van der Waals surface area contributed by atoms with Crippen LogP contribution in [0.25, 0.3) is 0 Å². The van der Waals surface area contributed by atoms with Crippen LogP contribution < -0.4 is 10.6 Å². The number of guanidine groups is 1. The molecule has 0 aromatic rings. The molecule has 2 fully saturated rings. The van der Waals surface area contributed by atoms with Gasteiger partial charge in [-0.05, 0) is 78.2 Å². The van der Waals surface area contributed by atoms with Gasteiger partial charge in [0.2, 0.25) is 0 Å². The number of fused-ring (bicyclic) bond motifs is 2. The molecule has 0 aromatic heterocycles. The molecule has 0 saturated carbocycles. The van der Waals surface area contributed by atoms with Crippen molar-refractivity contribution in [1.82, 2.24) is 15.5 Å². The number of piperidine rings is 1. The summed E-state index contributed by atoms with van der Waals surface area (Å²) in [6, 6.07) is 0.922. The first-order chi connectivity index (χ1) is 12.8. The number of amides is 1. The zero-order valence-electron chi connectivity index (χ0n) is 18.1. The van der Waals surface area contributed by atoms with Crippen LogP contribution in [-0.2, 0) is 4.74 Å². The number of nitrogens with zero attached hydrogens (tertiary/aromatic N) is 2. The fraction of sp³-hybridized carbons (Fsp3) is 0.900. The van der Waals surface area contributed by atoms with Crippen LogP contribution in [0.1, 0.15) is 66.2 Å². The Kier molecular flexibility index (Phi) is 11.3. The molecule has 164 valence electrons. The second-order valence-corrected chi connectivity index (χ2v) is 9.53. The molecule has 2 aliphatic heterocycles. The summed E-state index contributed by atoms with van der Waals surface area (Å²) in [6.45, 7) is 9.61. The van der Waals surface area contributed by atoms with Crippen molar-refractivity contribution in [2.45, 2.75) is 89.9 Å². The Morgan fingerprint density at radius 3 is 2.39 bits per heavy atom. The number of thioether (sulfide) groups is 1. The highest BCUT2D eigenvalue weighted by Gasteiger charge is 2.45. The number of unbranched alkanes of at least 4 members (excludes halogenated alkanes) is 1. The Morgan fingerprint density at radius 2 is 1.86 bits per heavy atom. The summed E-state index contributed by atoms with van der Waals surface area (Å²) in [6.07, 6.45) is 8.41. The average molecular weight is 527 g/mol. The second kappa shape index (κ2) is 12.3. The van der Waals surface area contributed by atoms with E-state index < -0.39 is 5.60 Å². The largest absolute Gasteiger partial charge is 0.444 e. The SMILES string of the molecule is CCNC(=NCCCCSC)NC1CC2CCC(C1)N2C(=O)OC(C)(C)C.I. The number of nitrogens with one attached hydrogen (secondary N) is 2. The lowest BCUT2D eigenvalue weighted by Gasteiger charge is -2.40. The van der Waals surface area contributed by atoms with Crippen molar-refractivity contribution in [1.29, 1.82) is 0 Å². The predicted molar refractivity (Wildman–Crippen MR) is 130 cm³/mol. The van der Waals surface area contributed by atoms with E-state index in [0.29, 0.717) is 6.04 Å². The van der Waals surface area contributed by atoms with Gasteiger partial charge in [-0.2, -0.15) is 11.8 Å². The third-order valence-electron chi connectivity index (χ3n) is 5.05. The van der Waals surface area contributed by atoms with Crippen LogP contribution in [0.5, 0.6) is 0 Å². The van der Waals surface area contributed by atoms with Gasteiger partial charge in [0.05, 0.1) is 0 Å². The molecular weight excluding hydrogens is 487 g/mol. The maximum Gasteiger partial charge on any atom is 0.410 e. The van der Waals surface area contributed by atoms with Crippen molar-refractivity contribution >= 4 is 47.8 Å². The summed E-state index contributed by atoms with van der Waals surface area (Å²) in [4.78, 5) is 19.3. The number of carbonyl (C=O) groups excluding carboxylic acids is 1. The van der Waals surface area contributed by atoms with E-state index >= 15 is 0 Å². The molecule has 2 N–H and O–H groups in total. The first-order valence-electron chi connectivity index (χ1n) is 10.4. The molecule has 0 spiro atoms. The van der Waals surface area contributed by atoms with E-state index in [1.165, 1.54) is 12.2 Å². The van der Waals surface area contributed by atoms with Gasteiger partial charge >= 0.3 is 6.09 Å². The summed E-state index contributed by atoms with van der Waals surface area (Å²) < 4.78 is 5.63. The smallest absolute Gasteiger partial charge is 0.410 e. The van der Waals surface area contributed by atoms with Crippen LogP contribution >= 0.6 is 35.7 Å². The van der Waals surface area contributed by atoms with Crippen LogP contribution in [-0.4, -0.2) is 65.8 Å². The number of carbonyl (C=O) groups is 1. The van der Waals surface area contributed by atoms with Gasteiger partial charge in [0.25, 0.3) is 0 Å². The van der Waals surface area contributed by atoms with Crippen LogP contribution in [0.4, 0.5) is 4.79 Å². The van der Waals surface area contributed by atoms with Gasteiger partial charge in [-0.1, -0.05) is 0 Å². The molecule has 2 atom stereocenters. The van der Waals surface area contributed by atoms with E-state index in [1.54, 1.807) is 0 Å². The fourth-order valence-corrected chi connectivity index (χ4v) is 4.46. The normalized spacial score (nSPS) is 24.5. The Bertz CT molecular complexity index is 499. The van der Waals surface area contributed by atoms with E-state index in [0.717, 1.165) is 51.2 Å². The van der Waals surface area contributed by atoms with Gasteiger partial charge in [-0.15, -0.1) is 24.0 Å². The van der Waals surface area contributed by atoms with E-state index in [2.05, 4.69) is 23.8 Å². The Labute approximate surface area is 192 Å². The molecule has 2 saturated heterocycles. The lowest BCUT2D eigenvalue weighted by atomic mass is 9.98. The van der Waals surface area contributed by atoms with Gasteiger partial charge in [0.15, 0.2) is 5.96 Å². The number of halogens is 1. The topological polar surface area (TPSA) is 66.0 Å². The van der Waals surface area contributed by atoms with Crippen LogP contribution in [0, 0.1) is 0 Å². The third kappa shape index (κ3) is 8.16. The summed E-state index contributed by atoms with van der Waals surface area (Å²) in [7, 11) is 0. The Hall–Kier alpha value is -0.380. The molecule has 1 amide bonds. The van der Waals surface area contributed by atoms with Crippen molar-refractivity contribution in [3.8, 4) is 0 Å². The standard InChI is InChI=1S/C20H38N4O2S.HI/c1-6-21-18(22-11-7-8-12-27-5)23-15-13-16-9-10-17(14-15)24(16)19(25)26-20(2,3)4;/h15-17H,6-14H2,1-5H3,(H2,21,22,23);1H. The van der Waals surface area contributed by atoms with Crippen molar-refractivity contribution < 1.29 is 9.53 Å². The highest BCUT2D eigenvalue weighted by Crippen LogP contribution is 2.36. The number of hydrogen-bond donors (Lipinski definition) is 2.